The van der Waals surface area contributed by atoms with Crippen LogP contribution in [0.2, 0.25) is 0 Å². The van der Waals surface area contributed by atoms with E-state index in [1.807, 2.05) is 49.2 Å². The summed E-state index contributed by atoms with van der Waals surface area (Å²) in [6.07, 6.45) is 3.41. The Morgan fingerprint density at radius 1 is 1.00 bits per heavy atom. The fourth-order valence-corrected chi connectivity index (χ4v) is 4.58. The number of aryl methyl sites for hydroxylation is 1. The number of carbonyl (C=O) groups is 1. The average molecular weight is 402 g/mol. The maximum Gasteiger partial charge on any atom is 0.296 e. The van der Waals surface area contributed by atoms with Crippen molar-refractivity contribution in [1.82, 2.24) is 4.90 Å². The lowest BCUT2D eigenvalue weighted by Crippen LogP contribution is -2.40. The normalized spacial score (nSPS) is 19.9. The first kappa shape index (κ1) is 20.6. The molecule has 1 fully saturated rings. The van der Waals surface area contributed by atoms with Crippen molar-refractivity contribution < 1.29 is 17.4 Å². The number of hydrogen-bond donors (Lipinski definition) is 0. The second kappa shape index (κ2) is 8.88. The molecule has 2 aromatic carbocycles. The van der Waals surface area contributed by atoms with Crippen LogP contribution >= 0.6 is 0 Å². The molecule has 28 heavy (non-hydrogen) atoms. The molecular formula is C22H27NO4S. The van der Waals surface area contributed by atoms with E-state index >= 15 is 0 Å². The SMILES string of the molecule is Cc1ccc(S(=O)(=O)OCC2CCC(N(C)C(=O)c3ccccc3)CC2)cc1. The van der Waals surface area contributed by atoms with Crippen molar-refractivity contribution in [3.8, 4) is 0 Å². The van der Waals surface area contributed by atoms with Crippen LogP contribution in [-0.2, 0) is 14.3 Å². The van der Waals surface area contributed by atoms with Gasteiger partial charge in [-0.1, -0.05) is 35.9 Å². The molecule has 1 aliphatic carbocycles. The third kappa shape index (κ3) is 5.00. The third-order valence-electron chi connectivity index (χ3n) is 5.47. The molecule has 0 spiro atoms. The van der Waals surface area contributed by atoms with E-state index in [1.54, 1.807) is 24.3 Å². The largest absolute Gasteiger partial charge is 0.339 e. The summed E-state index contributed by atoms with van der Waals surface area (Å²) < 4.78 is 30.0. The summed E-state index contributed by atoms with van der Waals surface area (Å²) in [5.41, 5.74) is 1.70. The lowest BCUT2D eigenvalue weighted by atomic mass is 9.86. The zero-order valence-corrected chi connectivity index (χ0v) is 17.2. The molecule has 0 heterocycles. The van der Waals surface area contributed by atoms with Crippen molar-refractivity contribution in [2.75, 3.05) is 13.7 Å². The second-order valence-corrected chi connectivity index (χ2v) is 9.12. The molecule has 0 saturated heterocycles. The first-order valence-electron chi connectivity index (χ1n) is 9.65. The molecule has 1 aliphatic rings. The molecule has 0 N–H and O–H groups in total. The zero-order valence-electron chi connectivity index (χ0n) is 16.4. The van der Waals surface area contributed by atoms with Gasteiger partial charge in [-0.15, -0.1) is 0 Å². The minimum absolute atomic E-state index is 0.0299. The van der Waals surface area contributed by atoms with Crippen LogP contribution in [0.4, 0.5) is 0 Å². The summed E-state index contributed by atoms with van der Waals surface area (Å²) in [5.74, 6) is 0.221. The number of hydrogen-bond acceptors (Lipinski definition) is 4. The predicted molar refractivity (Wildman–Crippen MR) is 109 cm³/mol. The Labute approximate surface area is 167 Å². The molecule has 6 heteroatoms. The van der Waals surface area contributed by atoms with Crippen LogP contribution in [0.3, 0.4) is 0 Å². The van der Waals surface area contributed by atoms with Crippen LogP contribution in [0, 0.1) is 12.8 Å². The Bertz CT molecular complexity index is 886. The maximum absolute atomic E-state index is 12.6. The predicted octanol–water partition coefficient (Wildman–Crippen LogP) is 4.03. The van der Waals surface area contributed by atoms with Crippen LogP contribution < -0.4 is 0 Å². The first-order chi connectivity index (χ1) is 13.4. The van der Waals surface area contributed by atoms with Gasteiger partial charge in [0.2, 0.25) is 0 Å². The van der Waals surface area contributed by atoms with Gasteiger partial charge in [0.15, 0.2) is 0 Å². The van der Waals surface area contributed by atoms with Gasteiger partial charge in [-0.25, -0.2) is 0 Å². The standard InChI is InChI=1S/C22H27NO4S/c1-17-8-14-21(15-9-17)28(25,26)27-16-18-10-12-20(13-11-18)23(2)22(24)19-6-4-3-5-7-19/h3-9,14-15,18,20H,10-13,16H2,1-2H3. The Morgan fingerprint density at radius 3 is 2.21 bits per heavy atom. The molecule has 150 valence electrons. The van der Waals surface area contributed by atoms with E-state index in [4.69, 9.17) is 4.18 Å². The van der Waals surface area contributed by atoms with E-state index < -0.39 is 10.1 Å². The van der Waals surface area contributed by atoms with Crippen LogP contribution in [0.5, 0.6) is 0 Å². The van der Waals surface area contributed by atoms with Gasteiger partial charge in [0.1, 0.15) is 0 Å². The highest BCUT2D eigenvalue weighted by Gasteiger charge is 2.28. The summed E-state index contributed by atoms with van der Waals surface area (Å²) in [7, 11) is -1.87. The maximum atomic E-state index is 12.6. The fourth-order valence-electron chi connectivity index (χ4n) is 3.61. The molecule has 0 unspecified atom stereocenters. The molecule has 1 saturated carbocycles. The van der Waals surface area contributed by atoms with E-state index in [9.17, 15) is 13.2 Å². The van der Waals surface area contributed by atoms with Gasteiger partial charge in [0.05, 0.1) is 11.5 Å². The molecule has 2 aromatic rings. The molecular weight excluding hydrogens is 374 g/mol. The highest BCUT2D eigenvalue weighted by Crippen LogP contribution is 2.29. The number of nitrogens with zero attached hydrogens (tertiary/aromatic N) is 1. The molecule has 0 atom stereocenters. The summed E-state index contributed by atoms with van der Waals surface area (Å²) in [6.45, 7) is 2.11. The van der Waals surface area contributed by atoms with E-state index in [1.165, 1.54) is 0 Å². The molecule has 0 aromatic heterocycles. The first-order valence-corrected chi connectivity index (χ1v) is 11.1. The summed E-state index contributed by atoms with van der Waals surface area (Å²) in [5, 5.41) is 0. The number of carbonyl (C=O) groups excluding carboxylic acids is 1. The Kier molecular flexibility index (Phi) is 6.52. The summed E-state index contributed by atoms with van der Waals surface area (Å²) >= 11 is 0. The Morgan fingerprint density at radius 2 is 1.61 bits per heavy atom. The van der Waals surface area contributed by atoms with E-state index in [0.29, 0.717) is 5.56 Å². The Balaban J connectivity index is 1.50. The van der Waals surface area contributed by atoms with E-state index in [0.717, 1.165) is 31.2 Å². The quantitative estimate of drug-likeness (QED) is 0.686. The minimum atomic E-state index is -3.72. The molecule has 0 aliphatic heterocycles. The van der Waals surface area contributed by atoms with Gasteiger partial charge in [-0.05, 0) is 62.8 Å². The van der Waals surface area contributed by atoms with Gasteiger partial charge < -0.3 is 4.90 Å². The second-order valence-electron chi connectivity index (χ2n) is 7.51. The topological polar surface area (TPSA) is 63.7 Å². The minimum Gasteiger partial charge on any atom is -0.339 e. The average Bonchev–Trinajstić information content (AvgIpc) is 2.72. The van der Waals surface area contributed by atoms with Gasteiger partial charge >= 0.3 is 0 Å². The smallest absolute Gasteiger partial charge is 0.296 e. The van der Waals surface area contributed by atoms with E-state index in [2.05, 4.69) is 0 Å². The van der Waals surface area contributed by atoms with Crippen molar-refractivity contribution in [2.24, 2.45) is 5.92 Å². The monoisotopic (exact) mass is 401 g/mol. The molecule has 0 bridgehead atoms. The molecule has 1 amide bonds. The van der Waals surface area contributed by atoms with Gasteiger partial charge in [-0.3, -0.25) is 8.98 Å². The number of benzene rings is 2. The van der Waals surface area contributed by atoms with Crippen molar-refractivity contribution in [1.29, 1.82) is 0 Å². The van der Waals surface area contributed by atoms with Gasteiger partial charge in [-0.2, -0.15) is 8.42 Å². The lowest BCUT2D eigenvalue weighted by Gasteiger charge is -2.34. The molecule has 5 nitrogen and oxygen atoms in total. The lowest BCUT2D eigenvalue weighted by molar-refractivity contribution is 0.0660. The van der Waals surface area contributed by atoms with Crippen LogP contribution in [0.25, 0.3) is 0 Å². The summed E-state index contributed by atoms with van der Waals surface area (Å²) in [6, 6.07) is 16.1. The van der Waals surface area contributed by atoms with Crippen molar-refractivity contribution in [3.05, 3.63) is 65.7 Å². The van der Waals surface area contributed by atoms with Gasteiger partial charge in [0, 0.05) is 18.7 Å². The van der Waals surface area contributed by atoms with Crippen LogP contribution in [0.1, 0.15) is 41.6 Å². The summed E-state index contributed by atoms with van der Waals surface area (Å²) in [4.78, 5) is 14.6. The van der Waals surface area contributed by atoms with Crippen molar-refractivity contribution in [2.45, 2.75) is 43.5 Å². The third-order valence-corrected chi connectivity index (χ3v) is 6.77. The van der Waals surface area contributed by atoms with Crippen molar-refractivity contribution in [3.63, 3.8) is 0 Å². The fraction of sp³-hybridized carbons (Fsp3) is 0.409. The highest BCUT2D eigenvalue weighted by molar-refractivity contribution is 7.86. The van der Waals surface area contributed by atoms with Crippen LogP contribution in [-0.4, -0.2) is 38.9 Å². The van der Waals surface area contributed by atoms with Crippen molar-refractivity contribution >= 4 is 16.0 Å². The molecule has 0 radical (unpaired) electrons. The number of amides is 1. The van der Waals surface area contributed by atoms with Gasteiger partial charge in [0.25, 0.3) is 16.0 Å². The Hall–Kier alpha value is -2.18. The number of rotatable bonds is 6. The van der Waals surface area contributed by atoms with E-state index in [-0.39, 0.29) is 29.4 Å². The molecule has 3 rings (SSSR count). The highest BCUT2D eigenvalue weighted by atomic mass is 32.2. The van der Waals surface area contributed by atoms with Crippen LogP contribution in [0.15, 0.2) is 59.5 Å². The zero-order chi connectivity index (χ0) is 20.1.